The largest absolute Gasteiger partial charge is 0.304 e. The molecule has 2 aromatic rings. The monoisotopic (exact) mass is 329 g/mol. The lowest BCUT2D eigenvalue weighted by molar-refractivity contribution is 1.08. The van der Waals surface area contributed by atoms with E-state index in [1.807, 2.05) is 6.07 Å². The molecule has 0 aliphatic rings. The van der Waals surface area contributed by atoms with Crippen molar-refractivity contribution >= 4 is 31.9 Å². The van der Waals surface area contributed by atoms with Gasteiger partial charge in [0.25, 0.3) is 5.56 Å². The Bertz CT molecular complexity index is 536. The van der Waals surface area contributed by atoms with Crippen LogP contribution in [0.3, 0.4) is 0 Å². The predicted octanol–water partition coefficient (Wildman–Crippen LogP) is 2.36. The molecule has 76 valence electrons. The van der Waals surface area contributed by atoms with Crippen molar-refractivity contribution in [2.45, 2.75) is 0 Å². The third-order valence-corrected chi connectivity index (χ3v) is 2.76. The average molecular weight is 331 g/mol. The van der Waals surface area contributed by atoms with E-state index in [0.29, 0.717) is 16.0 Å². The highest BCUT2D eigenvalue weighted by atomic mass is 79.9. The van der Waals surface area contributed by atoms with Gasteiger partial charge in [-0.25, -0.2) is 4.98 Å². The fourth-order valence-corrected chi connectivity index (χ4v) is 1.46. The van der Waals surface area contributed by atoms with Crippen LogP contribution in [-0.4, -0.2) is 15.0 Å². The van der Waals surface area contributed by atoms with Crippen LogP contribution in [0.15, 0.2) is 38.3 Å². The molecule has 0 radical (unpaired) electrons. The zero-order chi connectivity index (χ0) is 10.8. The smallest absolute Gasteiger partial charge is 0.265 e. The summed E-state index contributed by atoms with van der Waals surface area (Å²) in [6.07, 6.45) is 3.11. The number of halogens is 2. The second-order valence-corrected chi connectivity index (χ2v) is 4.54. The minimum absolute atomic E-state index is 0.218. The zero-order valence-electron chi connectivity index (χ0n) is 7.37. The molecule has 0 aromatic carbocycles. The normalized spacial score (nSPS) is 10.3. The molecule has 0 saturated carbocycles. The van der Waals surface area contributed by atoms with Gasteiger partial charge in [0.15, 0.2) is 5.82 Å². The van der Waals surface area contributed by atoms with Crippen molar-refractivity contribution in [1.82, 2.24) is 15.0 Å². The van der Waals surface area contributed by atoms with Crippen molar-refractivity contribution in [3.8, 4) is 11.5 Å². The van der Waals surface area contributed by atoms with Gasteiger partial charge in [-0.05, 0) is 44.0 Å². The highest BCUT2D eigenvalue weighted by Crippen LogP contribution is 2.14. The number of hydrogen-bond acceptors (Lipinski definition) is 3. The second-order valence-electron chi connectivity index (χ2n) is 2.77. The van der Waals surface area contributed by atoms with Gasteiger partial charge >= 0.3 is 0 Å². The van der Waals surface area contributed by atoms with Crippen LogP contribution in [0.4, 0.5) is 0 Å². The molecular formula is C9H5Br2N3O. The maximum atomic E-state index is 11.3. The molecule has 2 aromatic heterocycles. The average Bonchev–Trinajstić information content (AvgIpc) is 2.23. The number of nitrogens with zero attached hydrogens (tertiary/aromatic N) is 2. The molecule has 6 heteroatoms. The van der Waals surface area contributed by atoms with Crippen LogP contribution in [0.1, 0.15) is 0 Å². The zero-order valence-corrected chi connectivity index (χ0v) is 10.5. The van der Waals surface area contributed by atoms with Crippen molar-refractivity contribution < 1.29 is 0 Å². The fourth-order valence-electron chi connectivity index (χ4n) is 1.03. The summed E-state index contributed by atoms with van der Waals surface area (Å²) in [6.45, 7) is 0. The first-order valence-corrected chi connectivity index (χ1v) is 5.62. The van der Waals surface area contributed by atoms with Crippen LogP contribution < -0.4 is 5.56 Å². The third-order valence-electron chi connectivity index (χ3n) is 1.73. The van der Waals surface area contributed by atoms with Gasteiger partial charge < -0.3 is 4.98 Å². The first-order valence-electron chi connectivity index (χ1n) is 4.03. The Morgan fingerprint density at radius 2 is 1.93 bits per heavy atom. The van der Waals surface area contributed by atoms with Gasteiger partial charge in [0.2, 0.25) is 0 Å². The standard InChI is InChI=1S/C9H5Br2N3O/c10-5-1-2-7(12-3-5)8-13-4-6(11)9(15)14-8/h1-4H,(H,13,14,15). The molecule has 0 saturated heterocycles. The lowest BCUT2D eigenvalue weighted by atomic mass is 10.3. The molecule has 2 heterocycles. The topological polar surface area (TPSA) is 58.6 Å². The molecule has 2 rings (SSSR count). The Balaban J connectivity index is 2.50. The van der Waals surface area contributed by atoms with Crippen molar-refractivity contribution in [2.24, 2.45) is 0 Å². The summed E-state index contributed by atoms with van der Waals surface area (Å²) < 4.78 is 1.29. The van der Waals surface area contributed by atoms with Gasteiger partial charge in [0.05, 0.1) is 0 Å². The van der Waals surface area contributed by atoms with Crippen LogP contribution in [0, 0.1) is 0 Å². The molecular weight excluding hydrogens is 326 g/mol. The SMILES string of the molecule is O=c1[nH]c(-c2ccc(Br)cn2)ncc1Br. The van der Waals surface area contributed by atoms with Gasteiger partial charge in [-0.1, -0.05) is 0 Å². The molecule has 0 bridgehead atoms. The molecule has 0 atom stereocenters. The Hall–Kier alpha value is -1.01. The van der Waals surface area contributed by atoms with E-state index in [1.54, 1.807) is 12.3 Å². The maximum absolute atomic E-state index is 11.3. The van der Waals surface area contributed by atoms with E-state index in [0.717, 1.165) is 4.47 Å². The summed E-state index contributed by atoms with van der Waals surface area (Å²) in [5.41, 5.74) is 0.410. The molecule has 15 heavy (non-hydrogen) atoms. The number of hydrogen-bond donors (Lipinski definition) is 1. The van der Waals surface area contributed by atoms with E-state index in [-0.39, 0.29) is 5.56 Å². The summed E-state index contributed by atoms with van der Waals surface area (Å²) >= 11 is 6.36. The Labute approximate surface area is 102 Å². The minimum Gasteiger partial charge on any atom is -0.304 e. The molecule has 4 nitrogen and oxygen atoms in total. The predicted molar refractivity (Wildman–Crippen MR) is 63.5 cm³/mol. The Kier molecular flexibility index (Phi) is 2.97. The van der Waals surface area contributed by atoms with Gasteiger partial charge in [-0.15, -0.1) is 0 Å². The first kappa shape index (κ1) is 10.5. The van der Waals surface area contributed by atoms with Gasteiger partial charge in [-0.3, -0.25) is 9.78 Å². The van der Waals surface area contributed by atoms with Crippen molar-refractivity contribution in [1.29, 1.82) is 0 Å². The number of H-pyrrole nitrogens is 1. The molecule has 1 N–H and O–H groups in total. The number of rotatable bonds is 1. The van der Waals surface area contributed by atoms with Crippen LogP contribution >= 0.6 is 31.9 Å². The summed E-state index contributed by atoms with van der Waals surface area (Å²) in [6, 6.07) is 3.61. The first-order chi connectivity index (χ1) is 7.16. The van der Waals surface area contributed by atoms with E-state index in [2.05, 4.69) is 46.8 Å². The Morgan fingerprint density at radius 3 is 2.53 bits per heavy atom. The summed E-state index contributed by atoms with van der Waals surface area (Å²) in [7, 11) is 0. The lowest BCUT2D eigenvalue weighted by Gasteiger charge is -1.99. The number of nitrogens with one attached hydrogen (secondary N) is 1. The van der Waals surface area contributed by atoms with E-state index in [4.69, 9.17) is 0 Å². The lowest BCUT2D eigenvalue weighted by Crippen LogP contribution is -2.09. The van der Waals surface area contributed by atoms with E-state index in [9.17, 15) is 4.79 Å². The molecule has 0 amide bonds. The minimum atomic E-state index is -0.218. The van der Waals surface area contributed by atoms with Gasteiger partial charge in [0.1, 0.15) is 10.2 Å². The number of pyridine rings is 1. The molecule has 0 spiro atoms. The van der Waals surface area contributed by atoms with E-state index >= 15 is 0 Å². The highest BCUT2D eigenvalue weighted by Gasteiger charge is 2.03. The molecule has 0 aliphatic heterocycles. The van der Waals surface area contributed by atoms with Gasteiger partial charge in [-0.2, -0.15) is 0 Å². The second kappa shape index (κ2) is 4.24. The molecule has 0 unspecified atom stereocenters. The van der Waals surface area contributed by atoms with Crippen molar-refractivity contribution in [3.05, 3.63) is 43.8 Å². The highest BCUT2D eigenvalue weighted by molar-refractivity contribution is 9.10. The van der Waals surface area contributed by atoms with Crippen LogP contribution in [0.25, 0.3) is 11.5 Å². The van der Waals surface area contributed by atoms with Crippen LogP contribution in [-0.2, 0) is 0 Å². The number of aromatic nitrogens is 3. The maximum Gasteiger partial charge on any atom is 0.265 e. The van der Waals surface area contributed by atoms with Crippen molar-refractivity contribution in [2.75, 3.05) is 0 Å². The van der Waals surface area contributed by atoms with Gasteiger partial charge in [0, 0.05) is 16.9 Å². The Morgan fingerprint density at radius 1 is 1.13 bits per heavy atom. The van der Waals surface area contributed by atoms with Crippen molar-refractivity contribution in [3.63, 3.8) is 0 Å². The fraction of sp³-hybridized carbons (Fsp3) is 0. The van der Waals surface area contributed by atoms with E-state index < -0.39 is 0 Å². The van der Waals surface area contributed by atoms with Crippen LogP contribution in [0.2, 0.25) is 0 Å². The summed E-state index contributed by atoms with van der Waals surface area (Å²) in [4.78, 5) is 22.1. The summed E-state index contributed by atoms with van der Waals surface area (Å²) in [5.74, 6) is 0.454. The number of aromatic amines is 1. The van der Waals surface area contributed by atoms with E-state index in [1.165, 1.54) is 6.20 Å². The summed E-state index contributed by atoms with van der Waals surface area (Å²) in [5, 5.41) is 0. The quantitative estimate of drug-likeness (QED) is 0.873. The van der Waals surface area contributed by atoms with Crippen LogP contribution in [0.5, 0.6) is 0 Å². The molecule has 0 aliphatic carbocycles. The third kappa shape index (κ3) is 2.32. The molecule has 0 fully saturated rings.